The van der Waals surface area contributed by atoms with Gasteiger partial charge in [-0.25, -0.2) is 0 Å². The highest BCUT2D eigenvalue weighted by molar-refractivity contribution is 5.14. The van der Waals surface area contributed by atoms with Gasteiger partial charge in [0.15, 0.2) is 0 Å². The molecule has 2 aliphatic carbocycles. The van der Waals surface area contributed by atoms with Crippen molar-refractivity contribution in [1.82, 2.24) is 0 Å². The van der Waals surface area contributed by atoms with Gasteiger partial charge in [0.1, 0.15) is 0 Å². The lowest BCUT2D eigenvalue weighted by Gasteiger charge is -2.22. The Hall–Kier alpha value is -0.300. The molecule has 0 bridgehead atoms. The smallest absolute Gasteiger partial charge is 0.0608 e. The Balaban J connectivity index is 2.16. The Morgan fingerprint density at radius 3 is 2.38 bits per heavy atom. The van der Waals surface area contributed by atoms with E-state index < -0.39 is 0 Å². The topological polar surface area (TPSA) is 20.2 Å². The van der Waals surface area contributed by atoms with Gasteiger partial charge in [-0.05, 0) is 18.8 Å². The summed E-state index contributed by atoms with van der Waals surface area (Å²) in [6.45, 7) is 0. The third-order valence-corrected chi connectivity index (χ3v) is 2.31. The molecule has 0 aliphatic heterocycles. The van der Waals surface area contributed by atoms with Crippen LogP contribution in [0.15, 0.2) is 12.2 Å². The molecule has 1 nitrogen and oxygen atoms in total. The summed E-state index contributed by atoms with van der Waals surface area (Å²) in [6, 6.07) is 0. The molecule has 0 saturated heterocycles. The zero-order valence-electron chi connectivity index (χ0n) is 4.75. The van der Waals surface area contributed by atoms with Crippen LogP contribution < -0.4 is 0 Å². The predicted molar refractivity (Wildman–Crippen MR) is 31.4 cm³/mol. The van der Waals surface area contributed by atoms with Crippen molar-refractivity contribution in [2.24, 2.45) is 11.8 Å². The van der Waals surface area contributed by atoms with Gasteiger partial charge in [-0.3, -0.25) is 0 Å². The van der Waals surface area contributed by atoms with Crippen LogP contribution in [0.2, 0.25) is 0 Å². The van der Waals surface area contributed by atoms with E-state index in [4.69, 9.17) is 5.11 Å². The first-order valence-corrected chi connectivity index (χ1v) is 3.24. The van der Waals surface area contributed by atoms with Gasteiger partial charge >= 0.3 is 0 Å². The van der Waals surface area contributed by atoms with Crippen LogP contribution in [0.4, 0.5) is 0 Å². The third kappa shape index (κ3) is 0.402. The summed E-state index contributed by atoms with van der Waals surface area (Å²) in [6.07, 6.45) is 6.55. The molecular formula is C7H10O. The SMILES string of the molecule is O[C@H]1CC[C@@H]2C=C[C@H]12. The van der Waals surface area contributed by atoms with E-state index in [1.807, 2.05) is 0 Å². The molecule has 0 aromatic heterocycles. The van der Waals surface area contributed by atoms with Crippen LogP contribution >= 0.6 is 0 Å². The Morgan fingerprint density at radius 1 is 1.25 bits per heavy atom. The summed E-state index contributed by atoms with van der Waals surface area (Å²) in [5.74, 6) is 1.28. The molecule has 0 amide bonds. The fourth-order valence-corrected chi connectivity index (χ4v) is 1.65. The van der Waals surface area contributed by atoms with Crippen molar-refractivity contribution in [2.75, 3.05) is 0 Å². The van der Waals surface area contributed by atoms with E-state index in [0.717, 1.165) is 12.3 Å². The summed E-state index contributed by atoms with van der Waals surface area (Å²) < 4.78 is 0. The van der Waals surface area contributed by atoms with Crippen molar-refractivity contribution in [2.45, 2.75) is 18.9 Å². The average Bonchev–Trinajstić information content (AvgIpc) is 1.80. The molecule has 0 aromatic rings. The van der Waals surface area contributed by atoms with E-state index >= 15 is 0 Å². The molecule has 2 aliphatic rings. The van der Waals surface area contributed by atoms with Gasteiger partial charge in [-0.2, -0.15) is 0 Å². The highest BCUT2D eigenvalue weighted by Gasteiger charge is 2.36. The molecule has 1 fully saturated rings. The third-order valence-electron chi connectivity index (χ3n) is 2.31. The maximum absolute atomic E-state index is 9.17. The van der Waals surface area contributed by atoms with Crippen LogP contribution in [0.5, 0.6) is 0 Å². The number of hydrogen-bond acceptors (Lipinski definition) is 1. The molecule has 1 N–H and O–H groups in total. The van der Waals surface area contributed by atoms with Crippen LogP contribution in [-0.2, 0) is 0 Å². The summed E-state index contributed by atoms with van der Waals surface area (Å²) in [7, 11) is 0. The van der Waals surface area contributed by atoms with Gasteiger partial charge in [-0.15, -0.1) is 0 Å². The lowest BCUT2D eigenvalue weighted by molar-refractivity contribution is 0.140. The largest absolute Gasteiger partial charge is 0.392 e. The summed E-state index contributed by atoms with van der Waals surface area (Å²) >= 11 is 0. The van der Waals surface area contributed by atoms with E-state index in [1.54, 1.807) is 0 Å². The Labute approximate surface area is 49.0 Å². The lowest BCUT2D eigenvalue weighted by atomic mass is 9.85. The number of fused-ring (bicyclic) bond motifs is 1. The first-order valence-electron chi connectivity index (χ1n) is 3.24. The zero-order chi connectivity index (χ0) is 5.56. The maximum Gasteiger partial charge on any atom is 0.0608 e. The molecule has 1 heteroatoms. The van der Waals surface area contributed by atoms with Gasteiger partial charge in [0.25, 0.3) is 0 Å². The highest BCUT2D eigenvalue weighted by Crippen LogP contribution is 2.40. The Bertz CT molecular complexity index is 128. The molecule has 0 heterocycles. The van der Waals surface area contributed by atoms with Gasteiger partial charge in [0, 0.05) is 5.92 Å². The van der Waals surface area contributed by atoms with Crippen molar-refractivity contribution in [3.05, 3.63) is 12.2 Å². The first kappa shape index (κ1) is 4.57. The zero-order valence-corrected chi connectivity index (χ0v) is 4.75. The summed E-state index contributed by atoms with van der Waals surface area (Å²) in [5.41, 5.74) is 0. The van der Waals surface area contributed by atoms with Crippen LogP contribution in [0.25, 0.3) is 0 Å². The van der Waals surface area contributed by atoms with Gasteiger partial charge in [-0.1, -0.05) is 12.2 Å². The molecule has 0 unspecified atom stereocenters. The van der Waals surface area contributed by atoms with E-state index in [0.29, 0.717) is 5.92 Å². The highest BCUT2D eigenvalue weighted by atomic mass is 16.3. The second kappa shape index (κ2) is 1.35. The molecule has 44 valence electrons. The van der Waals surface area contributed by atoms with E-state index in [2.05, 4.69) is 12.2 Å². The number of aliphatic hydroxyl groups excluding tert-OH is 1. The quantitative estimate of drug-likeness (QED) is 0.460. The standard InChI is InChI=1S/C7H10O/c8-7-4-2-5-1-3-6(5)7/h1,3,5-8H,2,4H2/t5-,6-,7-/m0/s1. The fourth-order valence-electron chi connectivity index (χ4n) is 1.65. The number of allylic oxidation sites excluding steroid dienone is 1. The van der Waals surface area contributed by atoms with Crippen molar-refractivity contribution in [1.29, 1.82) is 0 Å². The van der Waals surface area contributed by atoms with Gasteiger partial charge in [0.05, 0.1) is 6.10 Å². The molecule has 3 atom stereocenters. The molecule has 2 rings (SSSR count). The molecule has 0 radical (unpaired) electrons. The average molecular weight is 110 g/mol. The Kier molecular flexibility index (Phi) is 0.770. The van der Waals surface area contributed by atoms with E-state index in [-0.39, 0.29) is 6.10 Å². The normalized spacial score (nSPS) is 50.9. The number of hydrogen-bond donors (Lipinski definition) is 1. The van der Waals surface area contributed by atoms with Crippen molar-refractivity contribution in [3.8, 4) is 0 Å². The number of rotatable bonds is 0. The first-order chi connectivity index (χ1) is 3.88. The van der Waals surface area contributed by atoms with Gasteiger partial charge < -0.3 is 5.11 Å². The van der Waals surface area contributed by atoms with Gasteiger partial charge in [0.2, 0.25) is 0 Å². The monoisotopic (exact) mass is 110 g/mol. The number of aliphatic hydroxyl groups is 1. The minimum absolute atomic E-state index is 0.00926. The Morgan fingerprint density at radius 2 is 2.12 bits per heavy atom. The van der Waals surface area contributed by atoms with Crippen molar-refractivity contribution >= 4 is 0 Å². The van der Waals surface area contributed by atoms with Crippen LogP contribution in [0, 0.1) is 11.8 Å². The van der Waals surface area contributed by atoms with E-state index in [1.165, 1.54) is 6.42 Å². The van der Waals surface area contributed by atoms with Crippen molar-refractivity contribution < 1.29 is 5.11 Å². The molecule has 8 heavy (non-hydrogen) atoms. The molecular weight excluding hydrogens is 100 g/mol. The van der Waals surface area contributed by atoms with Crippen LogP contribution in [-0.4, -0.2) is 11.2 Å². The molecule has 0 aromatic carbocycles. The molecule has 0 spiro atoms. The summed E-state index contributed by atoms with van der Waals surface area (Å²) in [5, 5.41) is 9.17. The lowest BCUT2D eigenvalue weighted by Crippen LogP contribution is -2.21. The predicted octanol–water partition coefficient (Wildman–Crippen LogP) is 0.943. The molecule has 1 saturated carbocycles. The van der Waals surface area contributed by atoms with Crippen LogP contribution in [0.1, 0.15) is 12.8 Å². The second-order valence-corrected chi connectivity index (χ2v) is 2.77. The minimum atomic E-state index is -0.00926. The second-order valence-electron chi connectivity index (χ2n) is 2.77. The van der Waals surface area contributed by atoms with E-state index in [9.17, 15) is 0 Å². The summed E-state index contributed by atoms with van der Waals surface area (Å²) in [4.78, 5) is 0. The minimum Gasteiger partial charge on any atom is -0.392 e. The van der Waals surface area contributed by atoms with Crippen molar-refractivity contribution in [3.63, 3.8) is 0 Å². The maximum atomic E-state index is 9.17. The fraction of sp³-hybridized carbons (Fsp3) is 0.714. The van der Waals surface area contributed by atoms with Crippen LogP contribution in [0.3, 0.4) is 0 Å².